The molecule has 2 rings (SSSR count). The maximum absolute atomic E-state index is 12.5. The number of amides is 2. The number of carboxylic acids is 1. The molecule has 1 fully saturated rings. The van der Waals surface area contributed by atoms with Gasteiger partial charge in [-0.15, -0.1) is 0 Å². The number of carbonyl (C=O) groups excluding carboxylic acids is 1. The van der Waals surface area contributed by atoms with Crippen molar-refractivity contribution in [3.63, 3.8) is 0 Å². The molecule has 1 aliphatic rings. The van der Waals surface area contributed by atoms with Gasteiger partial charge in [0.05, 0.1) is 13.2 Å². The van der Waals surface area contributed by atoms with Gasteiger partial charge in [0.2, 0.25) is 0 Å². The van der Waals surface area contributed by atoms with Gasteiger partial charge in [-0.2, -0.15) is 8.78 Å². The van der Waals surface area contributed by atoms with Crippen molar-refractivity contribution in [3.05, 3.63) is 18.2 Å². The number of nitrogens with one attached hydrogen (secondary N) is 2. The maximum atomic E-state index is 12.5. The van der Waals surface area contributed by atoms with Crippen molar-refractivity contribution in [2.45, 2.75) is 45.4 Å². The molecule has 3 N–H and O–H groups in total. The summed E-state index contributed by atoms with van der Waals surface area (Å²) in [6, 6.07) is 3.13. The molecule has 0 aromatic heterocycles. The fourth-order valence-corrected chi connectivity index (χ4v) is 3.34. The Labute approximate surface area is 161 Å². The van der Waals surface area contributed by atoms with E-state index < -0.39 is 29.6 Å². The summed E-state index contributed by atoms with van der Waals surface area (Å²) in [6.07, 6.45) is -0.209. The van der Waals surface area contributed by atoms with E-state index in [2.05, 4.69) is 15.4 Å². The monoisotopic (exact) mass is 402 g/mol. The van der Waals surface area contributed by atoms with E-state index in [4.69, 9.17) is 9.47 Å². The Morgan fingerprint density at radius 1 is 1.32 bits per heavy atom. The molecule has 10 heteroatoms. The topological polar surface area (TPSA) is 106 Å². The molecule has 28 heavy (non-hydrogen) atoms. The summed E-state index contributed by atoms with van der Waals surface area (Å²) in [6.45, 7) is 2.56. The van der Waals surface area contributed by atoms with Gasteiger partial charge in [-0.05, 0) is 19.1 Å². The lowest BCUT2D eigenvalue weighted by molar-refractivity contribution is -0.190. The Morgan fingerprint density at radius 2 is 2.00 bits per heavy atom. The largest absolute Gasteiger partial charge is 0.493 e. The predicted molar refractivity (Wildman–Crippen MR) is 96.0 cm³/mol. The minimum absolute atomic E-state index is 0.0629. The Morgan fingerprint density at radius 3 is 2.50 bits per heavy atom. The van der Waals surface area contributed by atoms with Gasteiger partial charge in [0.1, 0.15) is 5.54 Å². The third-order valence-electron chi connectivity index (χ3n) is 5.09. The van der Waals surface area contributed by atoms with Crippen molar-refractivity contribution in [2.24, 2.45) is 5.41 Å². The molecule has 0 radical (unpaired) electrons. The molecule has 0 heterocycles. The van der Waals surface area contributed by atoms with Crippen LogP contribution in [0.25, 0.3) is 0 Å². The molecular weight excluding hydrogens is 378 g/mol. The Kier molecular flexibility index (Phi) is 6.33. The number of anilines is 1. The highest BCUT2D eigenvalue weighted by Crippen LogP contribution is 2.51. The average Bonchev–Trinajstić information content (AvgIpc) is 2.60. The van der Waals surface area contributed by atoms with Gasteiger partial charge >= 0.3 is 18.6 Å². The molecule has 0 aliphatic heterocycles. The van der Waals surface area contributed by atoms with E-state index in [1.807, 2.05) is 0 Å². The molecular formula is C18H24F2N2O6. The number of halogens is 2. The molecule has 1 aliphatic carbocycles. The number of carbonyl (C=O) groups is 2. The van der Waals surface area contributed by atoms with Crippen LogP contribution in [0, 0.1) is 5.41 Å². The Hall–Kier alpha value is -2.62. The number of benzene rings is 1. The fourth-order valence-electron chi connectivity index (χ4n) is 3.34. The van der Waals surface area contributed by atoms with Crippen LogP contribution in [0.5, 0.6) is 11.5 Å². The number of hydrogen-bond acceptors (Lipinski definition) is 5. The van der Waals surface area contributed by atoms with Gasteiger partial charge in [-0.3, -0.25) is 0 Å². The molecule has 0 spiro atoms. The standard InChI is InChI=1S/C18H24F2N2O6/c1-5-27-13-9-18(14(23)24,17(13,2)3)22-16(25)21-10-6-7-11(26-4)12(8-10)28-15(19)20/h6-8,13,15H,5,9H2,1-4H3,(H,23,24)(H2,21,22,25)/t13-,18+/m0/s1. The predicted octanol–water partition coefficient (Wildman–Crippen LogP) is 3.08. The molecule has 2 atom stereocenters. The lowest BCUT2D eigenvalue weighted by atomic mass is 9.54. The summed E-state index contributed by atoms with van der Waals surface area (Å²) < 4.78 is 39.9. The van der Waals surface area contributed by atoms with Crippen molar-refractivity contribution in [3.8, 4) is 11.5 Å². The smallest absolute Gasteiger partial charge is 0.387 e. The number of hydrogen-bond donors (Lipinski definition) is 3. The van der Waals surface area contributed by atoms with Crippen molar-refractivity contribution in [2.75, 3.05) is 19.0 Å². The minimum atomic E-state index is -3.07. The SMILES string of the molecule is CCO[C@H]1C[C@@](NC(=O)Nc2ccc(OC)c(OC(F)F)c2)(C(=O)O)C1(C)C. The van der Waals surface area contributed by atoms with Crippen LogP contribution >= 0.6 is 0 Å². The van der Waals surface area contributed by atoms with Crippen molar-refractivity contribution in [1.29, 1.82) is 0 Å². The van der Waals surface area contributed by atoms with Gasteiger partial charge in [0.25, 0.3) is 0 Å². The van der Waals surface area contributed by atoms with Crippen LogP contribution in [0.15, 0.2) is 18.2 Å². The number of alkyl halides is 2. The normalized spacial score (nSPS) is 22.9. The van der Waals surface area contributed by atoms with Crippen LogP contribution in [-0.2, 0) is 9.53 Å². The summed E-state index contributed by atoms with van der Waals surface area (Å²) in [5.41, 5.74) is -2.24. The highest BCUT2D eigenvalue weighted by atomic mass is 19.3. The van der Waals surface area contributed by atoms with Gasteiger partial charge in [-0.1, -0.05) is 13.8 Å². The first-order valence-corrected chi connectivity index (χ1v) is 8.64. The van der Waals surface area contributed by atoms with Crippen LogP contribution in [0.4, 0.5) is 19.3 Å². The highest BCUT2D eigenvalue weighted by molar-refractivity contribution is 5.95. The molecule has 0 saturated heterocycles. The summed E-state index contributed by atoms with van der Waals surface area (Å²) >= 11 is 0. The zero-order valence-electron chi connectivity index (χ0n) is 16.0. The van der Waals surface area contributed by atoms with E-state index in [0.29, 0.717) is 6.61 Å². The summed E-state index contributed by atoms with van der Waals surface area (Å²) in [4.78, 5) is 24.3. The quantitative estimate of drug-likeness (QED) is 0.617. The summed E-state index contributed by atoms with van der Waals surface area (Å²) in [5.74, 6) is -1.38. The van der Waals surface area contributed by atoms with Crippen molar-refractivity contribution >= 4 is 17.7 Å². The zero-order valence-corrected chi connectivity index (χ0v) is 16.0. The Bertz CT molecular complexity index is 743. The van der Waals surface area contributed by atoms with Gasteiger partial charge in [0, 0.05) is 30.2 Å². The van der Waals surface area contributed by atoms with Crippen LogP contribution in [-0.4, -0.2) is 49.1 Å². The van der Waals surface area contributed by atoms with Crippen LogP contribution < -0.4 is 20.1 Å². The highest BCUT2D eigenvalue weighted by Gasteiger charge is 2.66. The molecule has 1 aromatic rings. The van der Waals surface area contributed by atoms with E-state index in [0.717, 1.165) is 6.07 Å². The number of methoxy groups -OCH3 is 1. The van der Waals surface area contributed by atoms with Gasteiger partial charge in [0.15, 0.2) is 11.5 Å². The summed E-state index contributed by atoms with van der Waals surface area (Å²) in [5, 5.41) is 14.6. The van der Waals surface area contributed by atoms with E-state index >= 15 is 0 Å². The van der Waals surface area contributed by atoms with Gasteiger partial charge < -0.3 is 30.0 Å². The number of rotatable bonds is 8. The second-order valence-electron chi connectivity index (χ2n) is 6.90. The number of aliphatic carboxylic acids is 1. The number of carboxylic acid groups (broad SMARTS) is 1. The zero-order chi connectivity index (χ0) is 21.1. The summed E-state index contributed by atoms with van der Waals surface area (Å²) in [7, 11) is 1.29. The van der Waals surface area contributed by atoms with Crippen molar-refractivity contribution < 1.29 is 37.7 Å². The van der Waals surface area contributed by atoms with E-state index in [9.17, 15) is 23.5 Å². The lowest BCUT2D eigenvalue weighted by Crippen LogP contribution is -2.76. The first kappa shape index (κ1) is 21.7. The minimum Gasteiger partial charge on any atom is -0.493 e. The average molecular weight is 402 g/mol. The maximum Gasteiger partial charge on any atom is 0.387 e. The molecule has 156 valence electrons. The van der Waals surface area contributed by atoms with E-state index in [1.165, 1.54) is 19.2 Å². The van der Waals surface area contributed by atoms with Gasteiger partial charge in [-0.25, -0.2) is 9.59 Å². The van der Waals surface area contributed by atoms with E-state index in [1.54, 1.807) is 20.8 Å². The number of ether oxygens (including phenoxy) is 3. The first-order chi connectivity index (χ1) is 13.1. The first-order valence-electron chi connectivity index (χ1n) is 8.64. The molecule has 1 aromatic carbocycles. The lowest BCUT2D eigenvalue weighted by Gasteiger charge is -2.58. The second kappa shape index (κ2) is 8.17. The second-order valence-corrected chi connectivity index (χ2v) is 6.90. The molecule has 0 bridgehead atoms. The number of urea groups is 1. The Balaban J connectivity index is 2.15. The van der Waals surface area contributed by atoms with E-state index in [-0.39, 0.29) is 29.7 Å². The third-order valence-corrected chi connectivity index (χ3v) is 5.09. The fraction of sp³-hybridized carbons (Fsp3) is 0.556. The molecule has 1 saturated carbocycles. The molecule has 2 amide bonds. The molecule has 8 nitrogen and oxygen atoms in total. The van der Waals surface area contributed by atoms with Crippen LogP contribution in [0.3, 0.4) is 0 Å². The third kappa shape index (κ3) is 3.96. The molecule has 0 unspecified atom stereocenters. The van der Waals surface area contributed by atoms with Crippen molar-refractivity contribution in [1.82, 2.24) is 5.32 Å². The van der Waals surface area contributed by atoms with Crippen LogP contribution in [0.1, 0.15) is 27.2 Å². The van der Waals surface area contributed by atoms with Crippen LogP contribution in [0.2, 0.25) is 0 Å².